The first-order valence-electron chi connectivity index (χ1n) is 5.92. The Bertz CT molecular complexity index is 798. The molecule has 3 nitrogen and oxygen atoms in total. The fraction of sp³-hybridized carbons (Fsp3) is 0.0714. The van der Waals surface area contributed by atoms with Crippen LogP contribution in [0.2, 0.25) is 0 Å². The summed E-state index contributed by atoms with van der Waals surface area (Å²) >= 11 is 3.41. The van der Waals surface area contributed by atoms with Crippen molar-refractivity contribution in [3.63, 3.8) is 0 Å². The van der Waals surface area contributed by atoms with Crippen LogP contribution in [-0.2, 0) is 0 Å². The summed E-state index contributed by atoms with van der Waals surface area (Å²) < 4.78 is 43.2. The number of halogens is 4. The highest BCUT2D eigenvalue weighted by molar-refractivity contribution is 9.10. The van der Waals surface area contributed by atoms with Crippen molar-refractivity contribution < 1.29 is 17.9 Å². The lowest BCUT2D eigenvalue weighted by Crippen LogP contribution is -2.17. The second-order valence-electron chi connectivity index (χ2n) is 4.27. The molecule has 0 aliphatic rings. The molecule has 3 aromatic rings. The monoisotopic (exact) mass is 356 g/mol. The Kier molecular flexibility index (Phi) is 3.36. The van der Waals surface area contributed by atoms with Crippen LogP contribution >= 0.6 is 15.9 Å². The van der Waals surface area contributed by atoms with Gasteiger partial charge in [-0.05, 0) is 24.3 Å². The Morgan fingerprint density at radius 3 is 2.62 bits per heavy atom. The van der Waals surface area contributed by atoms with Gasteiger partial charge in [0.15, 0.2) is 0 Å². The van der Waals surface area contributed by atoms with Crippen molar-refractivity contribution in [2.75, 3.05) is 0 Å². The molecule has 2 aromatic carbocycles. The predicted molar refractivity (Wildman–Crippen MR) is 75.5 cm³/mol. The van der Waals surface area contributed by atoms with Gasteiger partial charge < -0.3 is 4.74 Å². The van der Waals surface area contributed by atoms with E-state index >= 15 is 0 Å². The number of ether oxygens (including phenoxy) is 1. The molecule has 0 saturated heterocycles. The Balaban J connectivity index is 2.07. The molecule has 0 aliphatic carbocycles. The Morgan fingerprint density at radius 2 is 1.86 bits per heavy atom. The summed E-state index contributed by atoms with van der Waals surface area (Å²) in [5, 5.41) is 5.09. The zero-order valence-corrected chi connectivity index (χ0v) is 12.0. The first-order valence-corrected chi connectivity index (χ1v) is 6.72. The fourth-order valence-electron chi connectivity index (χ4n) is 2.03. The first-order chi connectivity index (χ1) is 9.94. The summed E-state index contributed by atoms with van der Waals surface area (Å²) in [5.41, 5.74) is 1.28. The van der Waals surface area contributed by atoms with E-state index in [9.17, 15) is 13.2 Å². The van der Waals surface area contributed by atoms with Crippen molar-refractivity contribution in [2.45, 2.75) is 6.36 Å². The van der Waals surface area contributed by atoms with Crippen LogP contribution in [0.3, 0.4) is 0 Å². The Labute approximate surface area is 126 Å². The van der Waals surface area contributed by atoms with Crippen LogP contribution in [0.1, 0.15) is 0 Å². The van der Waals surface area contributed by atoms with Crippen LogP contribution < -0.4 is 4.74 Å². The molecule has 108 valence electrons. The average Bonchev–Trinajstić information content (AvgIpc) is 2.82. The van der Waals surface area contributed by atoms with Crippen molar-refractivity contribution in [3.05, 3.63) is 53.1 Å². The van der Waals surface area contributed by atoms with Crippen LogP contribution in [0.5, 0.6) is 5.75 Å². The molecule has 1 aromatic heterocycles. The highest BCUT2D eigenvalue weighted by atomic mass is 79.9. The van der Waals surface area contributed by atoms with Gasteiger partial charge in [0, 0.05) is 15.9 Å². The standard InChI is InChI=1S/C14H8BrF3N2O/c15-12-5-2-6-13-11(12)8-19-20(13)9-3-1-4-10(7-9)21-14(16,17)18/h1-8H. The van der Waals surface area contributed by atoms with Gasteiger partial charge in [0.2, 0.25) is 0 Å². The molecule has 0 atom stereocenters. The summed E-state index contributed by atoms with van der Waals surface area (Å²) in [6, 6.07) is 11.2. The van der Waals surface area contributed by atoms with Crippen LogP contribution in [0.4, 0.5) is 13.2 Å². The van der Waals surface area contributed by atoms with Crippen molar-refractivity contribution in [1.29, 1.82) is 0 Å². The van der Waals surface area contributed by atoms with E-state index < -0.39 is 6.36 Å². The number of alkyl halides is 3. The van der Waals surface area contributed by atoms with Gasteiger partial charge in [-0.15, -0.1) is 13.2 Å². The summed E-state index contributed by atoms with van der Waals surface area (Å²) in [5.74, 6) is -0.279. The maximum atomic E-state index is 12.3. The summed E-state index contributed by atoms with van der Waals surface area (Å²) in [7, 11) is 0. The van der Waals surface area contributed by atoms with Crippen LogP contribution in [0.25, 0.3) is 16.6 Å². The molecule has 0 N–H and O–H groups in total. The Morgan fingerprint density at radius 1 is 1.10 bits per heavy atom. The molecule has 0 aliphatic heterocycles. The molecule has 21 heavy (non-hydrogen) atoms. The number of fused-ring (bicyclic) bond motifs is 1. The largest absolute Gasteiger partial charge is 0.573 e. The normalized spacial score (nSPS) is 11.8. The second-order valence-corrected chi connectivity index (χ2v) is 5.13. The van der Waals surface area contributed by atoms with Crippen molar-refractivity contribution >= 4 is 26.8 Å². The maximum absolute atomic E-state index is 12.3. The molecular weight excluding hydrogens is 349 g/mol. The molecule has 1 heterocycles. The molecule has 0 bridgehead atoms. The number of aromatic nitrogens is 2. The fourth-order valence-corrected chi connectivity index (χ4v) is 2.49. The molecule has 0 spiro atoms. The highest BCUT2D eigenvalue weighted by Crippen LogP contribution is 2.28. The average molecular weight is 357 g/mol. The molecular formula is C14H8BrF3N2O. The number of nitrogens with zero attached hydrogens (tertiary/aromatic N) is 2. The van der Waals surface area contributed by atoms with E-state index in [4.69, 9.17) is 0 Å². The van der Waals surface area contributed by atoms with Gasteiger partial charge in [0.1, 0.15) is 5.75 Å². The zero-order valence-electron chi connectivity index (χ0n) is 10.4. The van der Waals surface area contributed by atoms with E-state index in [1.54, 1.807) is 16.9 Å². The van der Waals surface area contributed by atoms with Gasteiger partial charge >= 0.3 is 6.36 Å². The molecule has 0 unspecified atom stereocenters. The molecule has 0 amide bonds. The van der Waals surface area contributed by atoms with Crippen molar-refractivity contribution in [3.8, 4) is 11.4 Å². The number of rotatable bonds is 2. The molecule has 0 saturated carbocycles. The molecule has 7 heteroatoms. The van der Waals surface area contributed by atoms with E-state index in [1.807, 2.05) is 18.2 Å². The number of hydrogen-bond acceptors (Lipinski definition) is 2. The summed E-state index contributed by atoms with van der Waals surface area (Å²) in [6.45, 7) is 0. The third kappa shape index (κ3) is 2.87. The smallest absolute Gasteiger partial charge is 0.406 e. The van der Waals surface area contributed by atoms with Gasteiger partial charge in [0.25, 0.3) is 0 Å². The third-order valence-corrected chi connectivity index (χ3v) is 3.55. The van der Waals surface area contributed by atoms with Crippen molar-refractivity contribution in [1.82, 2.24) is 9.78 Å². The lowest BCUT2D eigenvalue weighted by Gasteiger charge is -2.10. The van der Waals surface area contributed by atoms with E-state index in [2.05, 4.69) is 25.8 Å². The lowest BCUT2D eigenvalue weighted by atomic mass is 10.2. The van der Waals surface area contributed by atoms with E-state index in [0.717, 1.165) is 15.4 Å². The quantitative estimate of drug-likeness (QED) is 0.666. The van der Waals surface area contributed by atoms with E-state index in [0.29, 0.717) is 5.69 Å². The SMILES string of the molecule is FC(F)(F)Oc1cccc(-n2ncc3c(Br)cccc32)c1. The first kappa shape index (κ1) is 13.9. The third-order valence-electron chi connectivity index (χ3n) is 2.86. The minimum atomic E-state index is -4.71. The van der Waals surface area contributed by atoms with Gasteiger partial charge in [0.05, 0.1) is 17.4 Å². The number of benzene rings is 2. The highest BCUT2D eigenvalue weighted by Gasteiger charge is 2.31. The molecule has 3 rings (SSSR count). The second kappa shape index (κ2) is 5.07. The van der Waals surface area contributed by atoms with Crippen LogP contribution in [0.15, 0.2) is 53.1 Å². The topological polar surface area (TPSA) is 27.1 Å². The summed E-state index contributed by atoms with van der Waals surface area (Å²) in [6.07, 6.45) is -3.06. The predicted octanol–water partition coefficient (Wildman–Crippen LogP) is 4.69. The minimum Gasteiger partial charge on any atom is -0.406 e. The molecule has 0 fully saturated rings. The van der Waals surface area contributed by atoms with Gasteiger partial charge in [-0.25, -0.2) is 4.68 Å². The lowest BCUT2D eigenvalue weighted by molar-refractivity contribution is -0.274. The maximum Gasteiger partial charge on any atom is 0.573 e. The number of hydrogen-bond donors (Lipinski definition) is 0. The zero-order chi connectivity index (χ0) is 15.0. The summed E-state index contributed by atoms with van der Waals surface area (Å²) in [4.78, 5) is 0. The van der Waals surface area contributed by atoms with Crippen molar-refractivity contribution in [2.24, 2.45) is 0 Å². The van der Waals surface area contributed by atoms with Gasteiger partial charge in [-0.2, -0.15) is 5.10 Å². The minimum absolute atomic E-state index is 0.279. The Hall–Kier alpha value is -2.02. The molecule has 0 radical (unpaired) electrons. The van der Waals surface area contributed by atoms with E-state index in [-0.39, 0.29) is 5.75 Å². The van der Waals surface area contributed by atoms with Gasteiger partial charge in [-0.1, -0.05) is 28.1 Å². The van der Waals surface area contributed by atoms with Gasteiger partial charge in [-0.3, -0.25) is 0 Å². The van der Waals surface area contributed by atoms with Crippen LogP contribution in [-0.4, -0.2) is 16.1 Å². The van der Waals surface area contributed by atoms with E-state index in [1.165, 1.54) is 18.2 Å². The van der Waals surface area contributed by atoms with Crippen LogP contribution in [0, 0.1) is 0 Å².